The number of fused-ring (bicyclic) bond motifs is 1. The molecule has 2 aromatic rings. The molecule has 0 radical (unpaired) electrons. The second-order valence-corrected chi connectivity index (χ2v) is 4.92. The van der Waals surface area contributed by atoms with Gasteiger partial charge in [0.2, 0.25) is 0 Å². The Labute approximate surface area is 114 Å². The molecule has 98 valence electrons. The number of rotatable bonds is 2. The molecule has 1 aliphatic rings. The summed E-state index contributed by atoms with van der Waals surface area (Å²) in [6.45, 7) is 0.801. The van der Waals surface area contributed by atoms with Crippen molar-refractivity contribution in [3.63, 3.8) is 0 Å². The van der Waals surface area contributed by atoms with Crippen LogP contribution in [-0.2, 0) is 0 Å². The Balaban J connectivity index is 2.12. The van der Waals surface area contributed by atoms with Gasteiger partial charge in [-0.15, -0.1) is 0 Å². The van der Waals surface area contributed by atoms with Gasteiger partial charge < -0.3 is 10.1 Å². The molecule has 3 rings (SSSR count). The highest BCUT2D eigenvalue weighted by Gasteiger charge is 2.21. The maximum absolute atomic E-state index is 6.03. The summed E-state index contributed by atoms with van der Waals surface area (Å²) >= 11 is 0. The molecule has 0 aromatic heterocycles. The van der Waals surface area contributed by atoms with Crippen LogP contribution in [0.1, 0.15) is 24.4 Å². The zero-order valence-electron chi connectivity index (χ0n) is 11.2. The van der Waals surface area contributed by atoms with Crippen LogP contribution in [0.3, 0.4) is 0 Å². The molecular formula is C17H19NO. The molecule has 0 bridgehead atoms. The van der Waals surface area contributed by atoms with Crippen LogP contribution in [0.15, 0.2) is 48.5 Å². The molecule has 2 aromatic carbocycles. The molecule has 1 N–H and O–H groups in total. The maximum atomic E-state index is 6.03. The average Bonchev–Trinajstić information content (AvgIpc) is 2.69. The number of hydrogen-bond acceptors (Lipinski definition) is 2. The Kier molecular flexibility index (Phi) is 3.51. The molecule has 1 atom stereocenters. The van der Waals surface area contributed by atoms with Crippen molar-refractivity contribution in [1.29, 1.82) is 0 Å². The molecule has 0 saturated heterocycles. The van der Waals surface area contributed by atoms with Gasteiger partial charge in [-0.05, 0) is 25.5 Å². The van der Waals surface area contributed by atoms with Gasteiger partial charge in [0.25, 0.3) is 0 Å². The lowest BCUT2D eigenvalue weighted by Gasteiger charge is -2.18. The van der Waals surface area contributed by atoms with Crippen molar-refractivity contribution >= 4 is 0 Å². The molecule has 0 amide bonds. The van der Waals surface area contributed by atoms with Gasteiger partial charge in [0, 0.05) is 17.2 Å². The molecule has 1 aliphatic heterocycles. The molecule has 0 aliphatic carbocycles. The summed E-state index contributed by atoms with van der Waals surface area (Å²) in [6.07, 6.45) is 2.22. The van der Waals surface area contributed by atoms with Gasteiger partial charge in [-0.1, -0.05) is 48.5 Å². The van der Waals surface area contributed by atoms with Gasteiger partial charge in [-0.2, -0.15) is 0 Å². The Morgan fingerprint density at radius 3 is 2.68 bits per heavy atom. The van der Waals surface area contributed by atoms with E-state index >= 15 is 0 Å². The fourth-order valence-corrected chi connectivity index (χ4v) is 2.75. The lowest BCUT2D eigenvalue weighted by Crippen LogP contribution is -2.15. The highest BCUT2D eigenvalue weighted by atomic mass is 16.5. The average molecular weight is 253 g/mol. The number of benzene rings is 2. The Morgan fingerprint density at radius 2 is 1.89 bits per heavy atom. The van der Waals surface area contributed by atoms with Crippen molar-refractivity contribution in [2.45, 2.75) is 18.9 Å². The lowest BCUT2D eigenvalue weighted by atomic mass is 9.96. The van der Waals surface area contributed by atoms with Crippen molar-refractivity contribution < 1.29 is 4.74 Å². The summed E-state index contributed by atoms with van der Waals surface area (Å²) in [7, 11) is 2.02. The summed E-state index contributed by atoms with van der Waals surface area (Å²) in [4.78, 5) is 0. The van der Waals surface area contributed by atoms with E-state index in [1.807, 2.05) is 13.1 Å². The van der Waals surface area contributed by atoms with Crippen molar-refractivity contribution in [1.82, 2.24) is 5.32 Å². The second-order valence-electron chi connectivity index (χ2n) is 4.92. The Hall–Kier alpha value is -1.80. The van der Waals surface area contributed by atoms with Gasteiger partial charge in [0.1, 0.15) is 5.75 Å². The van der Waals surface area contributed by atoms with Crippen LogP contribution in [0, 0.1) is 0 Å². The third-order valence-electron chi connectivity index (χ3n) is 3.74. The smallest absolute Gasteiger partial charge is 0.131 e. The zero-order chi connectivity index (χ0) is 13.1. The molecule has 2 nitrogen and oxygen atoms in total. The molecule has 0 spiro atoms. The van der Waals surface area contributed by atoms with Crippen LogP contribution < -0.4 is 10.1 Å². The van der Waals surface area contributed by atoms with Gasteiger partial charge in [0.15, 0.2) is 0 Å². The minimum atomic E-state index is 0.390. The number of hydrogen-bond donors (Lipinski definition) is 1. The number of nitrogens with one attached hydrogen (secondary N) is 1. The lowest BCUT2D eigenvalue weighted by molar-refractivity contribution is 0.316. The molecule has 1 unspecified atom stereocenters. The second kappa shape index (κ2) is 5.45. The fraction of sp³-hybridized carbons (Fsp3) is 0.294. The van der Waals surface area contributed by atoms with Crippen LogP contribution in [0.4, 0.5) is 0 Å². The van der Waals surface area contributed by atoms with Gasteiger partial charge >= 0.3 is 0 Å². The first kappa shape index (κ1) is 12.2. The number of ether oxygens (including phenoxy) is 1. The predicted octanol–water partition coefficient (Wildman–Crippen LogP) is 3.79. The van der Waals surface area contributed by atoms with E-state index < -0.39 is 0 Å². The topological polar surface area (TPSA) is 21.3 Å². The summed E-state index contributed by atoms with van der Waals surface area (Å²) < 4.78 is 6.03. The predicted molar refractivity (Wildman–Crippen MR) is 78.4 cm³/mol. The Morgan fingerprint density at radius 1 is 1.05 bits per heavy atom. The molecule has 0 fully saturated rings. The largest absolute Gasteiger partial charge is 0.493 e. The Bertz CT molecular complexity index is 550. The summed E-state index contributed by atoms with van der Waals surface area (Å²) in [6, 6.07) is 17.3. The van der Waals surface area contributed by atoms with E-state index in [1.54, 1.807) is 0 Å². The molecular weight excluding hydrogens is 234 g/mol. The monoisotopic (exact) mass is 253 g/mol. The van der Waals surface area contributed by atoms with Crippen LogP contribution in [0.2, 0.25) is 0 Å². The highest BCUT2D eigenvalue weighted by Crippen LogP contribution is 2.39. The zero-order valence-corrected chi connectivity index (χ0v) is 11.2. The van der Waals surface area contributed by atoms with Crippen LogP contribution >= 0.6 is 0 Å². The molecule has 1 heterocycles. The highest BCUT2D eigenvalue weighted by molar-refractivity contribution is 5.72. The van der Waals surface area contributed by atoms with Crippen LogP contribution in [0.25, 0.3) is 11.1 Å². The van der Waals surface area contributed by atoms with Crippen LogP contribution in [-0.4, -0.2) is 13.7 Å². The van der Waals surface area contributed by atoms with Crippen LogP contribution in [0.5, 0.6) is 5.75 Å². The molecule has 19 heavy (non-hydrogen) atoms. The fourth-order valence-electron chi connectivity index (χ4n) is 2.75. The maximum Gasteiger partial charge on any atom is 0.131 e. The quantitative estimate of drug-likeness (QED) is 0.879. The van der Waals surface area contributed by atoms with Crippen molar-refractivity contribution in [2.75, 3.05) is 13.7 Å². The normalized spacial score (nSPS) is 18.3. The van der Waals surface area contributed by atoms with E-state index in [1.165, 1.54) is 16.7 Å². The minimum absolute atomic E-state index is 0.390. The van der Waals surface area contributed by atoms with E-state index in [4.69, 9.17) is 4.74 Å². The molecule has 2 heteroatoms. The standard InChI is InChI=1S/C17H19NO/c1-18-16-11-6-12-19-17-14(9-5-10-15(16)17)13-7-3-2-4-8-13/h2-5,7-10,16,18H,6,11-12H2,1H3. The van der Waals surface area contributed by atoms with Gasteiger partial charge in [-0.25, -0.2) is 0 Å². The van der Waals surface area contributed by atoms with Gasteiger partial charge in [0.05, 0.1) is 6.61 Å². The van der Waals surface area contributed by atoms with E-state index in [-0.39, 0.29) is 0 Å². The minimum Gasteiger partial charge on any atom is -0.493 e. The van der Waals surface area contributed by atoms with E-state index in [0.29, 0.717) is 6.04 Å². The third kappa shape index (κ3) is 2.36. The first-order chi connectivity index (χ1) is 9.40. The third-order valence-corrected chi connectivity index (χ3v) is 3.74. The van der Waals surface area contributed by atoms with Crippen molar-refractivity contribution in [3.05, 3.63) is 54.1 Å². The SMILES string of the molecule is CNC1CCCOc2c(-c3ccccc3)cccc21. The number of para-hydroxylation sites is 1. The summed E-state index contributed by atoms with van der Waals surface area (Å²) in [5, 5.41) is 3.40. The van der Waals surface area contributed by atoms with Crippen molar-refractivity contribution in [3.8, 4) is 16.9 Å². The first-order valence-electron chi connectivity index (χ1n) is 6.88. The summed E-state index contributed by atoms with van der Waals surface area (Å²) in [5.41, 5.74) is 3.69. The van der Waals surface area contributed by atoms with E-state index in [2.05, 4.69) is 47.8 Å². The van der Waals surface area contributed by atoms with E-state index in [9.17, 15) is 0 Å². The summed E-state index contributed by atoms with van der Waals surface area (Å²) in [5.74, 6) is 1.05. The van der Waals surface area contributed by atoms with Crippen molar-refractivity contribution in [2.24, 2.45) is 0 Å². The van der Waals surface area contributed by atoms with E-state index in [0.717, 1.165) is 25.2 Å². The van der Waals surface area contributed by atoms with Gasteiger partial charge in [-0.3, -0.25) is 0 Å². The first-order valence-corrected chi connectivity index (χ1v) is 6.88. The molecule has 0 saturated carbocycles.